The smallest absolute Gasteiger partial charge is 0.313 e. The zero-order chi connectivity index (χ0) is 19.0. The lowest BCUT2D eigenvalue weighted by molar-refractivity contribution is -0.142. The minimum Gasteiger partial charge on any atom is -0.466 e. The second-order valence-corrected chi connectivity index (χ2v) is 6.84. The Morgan fingerprint density at radius 3 is 2.67 bits per heavy atom. The number of carbonyl (C=O) groups is 1. The Morgan fingerprint density at radius 1 is 1.19 bits per heavy atom. The average Bonchev–Trinajstić information content (AvgIpc) is 3.01. The number of halogens is 1. The normalized spacial score (nSPS) is 11.2. The Hall–Kier alpha value is -2.93. The predicted octanol–water partition coefficient (Wildman–Crippen LogP) is 3.95. The topological polar surface area (TPSA) is 74.3 Å². The minimum atomic E-state index is -0.450. The SMILES string of the molecule is CCOC(=O)Cc1oc2ccccc2c2nn(-c3ccc(Br)cc3)c(=O)c1-2. The fraction of sp³-hybridized carbons (Fsp3) is 0.150. The molecule has 2 aromatic carbocycles. The van der Waals surface area contributed by atoms with E-state index in [2.05, 4.69) is 21.0 Å². The molecule has 2 aromatic rings. The summed E-state index contributed by atoms with van der Waals surface area (Å²) in [7, 11) is 0. The molecule has 27 heavy (non-hydrogen) atoms. The zero-order valence-corrected chi connectivity index (χ0v) is 16.0. The third-order valence-electron chi connectivity index (χ3n) is 4.18. The van der Waals surface area contributed by atoms with Gasteiger partial charge in [0.2, 0.25) is 0 Å². The van der Waals surface area contributed by atoms with E-state index < -0.39 is 5.97 Å². The van der Waals surface area contributed by atoms with Crippen LogP contribution in [-0.4, -0.2) is 22.4 Å². The molecule has 136 valence electrons. The van der Waals surface area contributed by atoms with Gasteiger partial charge in [-0.05, 0) is 43.3 Å². The molecule has 2 heterocycles. The Bertz CT molecular complexity index is 1160. The first-order chi connectivity index (χ1) is 13.1. The summed E-state index contributed by atoms with van der Waals surface area (Å²) in [5.74, 6) is -0.191. The molecule has 0 bridgehead atoms. The number of benzene rings is 2. The Kier molecular flexibility index (Phi) is 4.53. The van der Waals surface area contributed by atoms with Crippen LogP contribution in [-0.2, 0) is 16.0 Å². The van der Waals surface area contributed by atoms with E-state index in [9.17, 15) is 9.59 Å². The van der Waals surface area contributed by atoms with Gasteiger partial charge < -0.3 is 9.15 Å². The van der Waals surface area contributed by atoms with Crippen LogP contribution in [0.25, 0.3) is 27.9 Å². The summed E-state index contributed by atoms with van der Waals surface area (Å²) in [6.45, 7) is 1.99. The number of carbonyl (C=O) groups excluding carboxylic acids is 1. The molecule has 0 amide bonds. The second kappa shape index (κ2) is 7.00. The second-order valence-electron chi connectivity index (χ2n) is 5.92. The van der Waals surface area contributed by atoms with Gasteiger partial charge in [0.1, 0.15) is 29.0 Å². The molecule has 0 N–H and O–H groups in total. The number of rotatable bonds is 4. The molecule has 0 radical (unpaired) electrons. The third-order valence-corrected chi connectivity index (χ3v) is 4.71. The number of hydrogen-bond acceptors (Lipinski definition) is 5. The zero-order valence-electron chi connectivity index (χ0n) is 14.4. The van der Waals surface area contributed by atoms with E-state index in [1.165, 1.54) is 4.68 Å². The number of aromatic nitrogens is 2. The summed E-state index contributed by atoms with van der Waals surface area (Å²) in [6, 6.07) is 14.6. The largest absolute Gasteiger partial charge is 0.466 e. The van der Waals surface area contributed by atoms with Gasteiger partial charge in [0.25, 0.3) is 5.56 Å². The van der Waals surface area contributed by atoms with Crippen LogP contribution in [0.15, 0.2) is 62.2 Å². The third kappa shape index (κ3) is 3.14. The highest BCUT2D eigenvalue weighted by Crippen LogP contribution is 2.32. The standard InChI is InChI=1S/C20H15BrN2O4/c1-2-26-17(24)11-16-18-19(14-5-3-4-6-15(14)27-16)22-23(20(18)25)13-9-7-12(21)8-10-13/h3-10H,2,11H2,1H3. The quantitative estimate of drug-likeness (QED) is 0.461. The summed E-state index contributed by atoms with van der Waals surface area (Å²) >= 11 is 3.38. The van der Waals surface area contributed by atoms with Crippen LogP contribution in [0.3, 0.4) is 0 Å². The van der Waals surface area contributed by atoms with Crippen molar-refractivity contribution in [2.75, 3.05) is 6.61 Å². The number of para-hydroxylation sites is 1. The first-order valence-electron chi connectivity index (χ1n) is 8.43. The molecule has 2 aliphatic heterocycles. The molecule has 6 nitrogen and oxygen atoms in total. The Morgan fingerprint density at radius 2 is 1.93 bits per heavy atom. The fourth-order valence-electron chi connectivity index (χ4n) is 3.00. The van der Waals surface area contributed by atoms with E-state index in [4.69, 9.17) is 9.15 Å². The van der Waals surface area contributed by atoms with Crippen molar-refractivity contribution in [2.24, 2.45) is 0 Å². The van der Waals surface area contributed by atoms with E-state index in [1.54, 1.807) is 25.1 Å². The van der Waals surface area contributed by atoms with Gasteiger partial charge in [-0.3, -0.25) is 9.59 Å². The van der Waals surface area contributed by atoms with Gasteiger partial charge in [0.15, 0.2) is 0 Å². The summed E-state index contributed by atoms with van der Waals surface area (Å²) in [6.07, 6.45) is -0.129. The molecule has 7 heteroatoms. The molecule has 0 aliphatic carbocycles. The van der Waals surface area contributed by atoms with Gasteiger partial charge in [-0.15, -0.1) is 0 Å². The molecule has 0 saturated heterocycles. The number of ether oxygens (including phenoxy) is 1. The lowest BCUT2D eigenvalue weighted by Crippen LogP contribution is -2.17. The first-order valence-corrected chi connectivity index (χ1v) is 9.23. The number of esters is 1. The van der Waals surface area contributed by atoms with Crippen LogP contribution >= 0.6 is 15.9 Å². The van der Waals surface area contributed by atoms with E-state index in [0.717, 1.165) is 4.47 Å². The fourth-order valence-corrected chi connectivity index (χ4v) is 3.27. The first kappa shape index (κ1) is 17.5. The molecule has 0 unspecified atom stereocenters. The molecule has 0 atom stereocenters. The van der Waals surface area contributed by atoms with Crippen molar-refractivity contribution in [3.05, 3.63) is 69.1 Å². The van der Waals surface area contributed by atoms with E-state index >= 15 is 0 Å². The molecular formula is C20H15BrN2O4. The molecule has 0 spiro atoms. The van der Waals surface area contributed by atoms with Crippen molar-refractivity contribution in [2.45, 2.75) is 13.3 Å². The summed E-state index contributed by atoms with van der Waals surface area (Å²) in [5.41, 5.74) is 1.66. The van der Waals surface area contributed by atoms with Gasteiger partial charge in [-0.2, -0.15) is 9.78 Å². The van der Waals surface area contributed by atoms with E-state index in [0.29, 0.717) is 27.9 Å². The van der Waals surface area contributed by atoms with Crippen LogP contribution < -0.4 is 5.56 Å². The molecule has 4 rings (SSSR count). The van der Waals surface area contributed by atoms with Crippen LogP contribution in [0.4, 0.5) is 0 Å². The van der Waals surface area contributed by atoms with Crippen molar-refractivity contribution in [3.63, 3.8) is 0 Å². The van der Waals surface area contributed by atoms with Gasteiger partial charge in [-0.1, -0.05) is 28.1 Å². The number of nitrogens with zero attached hydrogens (tertiary/aromatic N) is 2. The maximum Gasteiger partial charge on any atom is 0.313 e. The van der Waals surface area contributed by atoms with Crippen LogP contribution in [0.2, 0.25) is 0 Å². The Balaban J connectivity index is 1.98. The highest BCUT2D eigenvalue weighted by molar-refractivity contribution is 9.10. The lowest BCUT2D eigenvalue weighted by Gasteiger charge is -2.08. The highest BCUT2D eigenvalue weighted by Gasteiger charge is 2.26. The van der Waals surface area contributed by atoms with Crippen LogP contribution in [0, 0.1) is 0 Å². The highest BCUT2D eigenvalue weighted by atomic mass is 79.9. The van der Waals surface area contributed by atoms with Gasteiger partial charge in [0.05, 0.1) is 12.3 Å². The van der Waals surface area contributed by atoms with Gasteiger partial charge >= 0.3 is 5.97 Å². The average molecular weight is 427 g/mol. The van der Waals surface area contributed by atoms with Crippen molar-refractivity contribution in [3.8, 4) is 16.9 Å². The molecule has 0 aromatic heterocycles. The maximum absolute atomic E-state index is 13.1. The van der Waals surface area contributed by atoms with Crippen molar-refractivity contribution in [1.29, 1.82) is 0 Å². The summed E-state index contributed by atoms with van der Waals surface area (Å²) in [4.78, 5) is 25.1. The predicted molar refractivity (Wildman–Crippen MR) is 104 cm³/mol. The maximum atomic E-state index is 13.1. The van der Waals surface area contributed by atoms with E-state index in [-0.39, 0.29) is 24.3 Å². The summed E-state index contributed by atoms with van der Waals surface area (Å²) < 4.78 is 13.1. The molecular weight excluding hydrogens is 412 g/mol. The number of hydrogen-bond donors (Lipinski definition) is 0. The number of fused-ring (bicyclic) bond motifs is 3. The van der Waals surface area contributed by atoms with Crippen molar-refractivity contribution < 1.29 is 13.9 Å². The van der Waals surface area contributed by atoms with E-state index in [1.807, 2.05) is 30.3 Å². The van der Waals surface area contributed by atoms with Crippen molar-refractivity contribution in [1.82, 2.24) is 9.78 Å². The monoisotopic (exact) mass is 426 g/mol. The molecule has 0 saturated carbocycles. The van der Waals surface area contributed by atoms with Crippen molar-refractivity contribution >= 4 is 32.9 Å². The van der Waals surface area contributed by atoms with Crippen LogP contribution in [0.5, 0.6) is 0 Å². The molecule has 0 fully saturated rings. The van der Waals surface area contributed by atoms with Gasteiger partial charge in [-0.25, -0.2) is 0 Å². The lowest BCUT2D eigenvalue weighted by atomic mass is 10.1. The van der Waals surface area contributed by atoms with Crippen LogP contribution in [0.1, 0.15) is 12.7 Å². The minimum absolute atomic E-state index is 0.129. The van der Waals surface area contributed by atoms with Gasteiger partial charge in [0, 0.05) is 9.86 Å². The Labute approximate surface area is 162 Å². The molecule has 2 aliphatic rings. The summed E-state index contributed by atoms with van der Waals surface area (Å²) in [5, 5.41) is 5.25.